The fourth-order valence-corrected chi connectivity index (χ4v) is 11.6. The number of rotatable bonds is 4. The summed E-state index contributed by atoms with van der Waals surface area (Å²) in [6.07, 6.45) is 0.352. The summed E-state index contributed by atoms with van der Waals surface area (Å²) < 4.78 is 30.4. The SMILES string of the molecule is COc1c(C)cc2c(c1O)[C@H](C)N(C)C[C@](C#N)(N1C[C@@H]3SC[C@]4(N[C@H](C(=O)O)Cc5c4[nH]c4ccccc54)C(=O)OC[C@H]1c1c4c(c(C)c(OC(C)=O)c13)OCO4)C2. The first-order chi connectivity index (χ1) is 28.2. The number of carboxylic acid groups (broad SMARTS) is 1. The normalized spacial score (nSPS) is 27.6. The number of carboxylic acids is 1. The van der Waals surface area contributed by atoms with Gasteiger partial charge in [-0.25, -0.2) is 4.79 Å². The van der Waals surface area contributed by atoms with Gasteiger partial charge in [-0.1, -0.05) is 24.3 Å². The highest BCUT2D eigenvalue weighted by molar-refractivity contribution is 7.99. The minimum atomic E-state index is -1.62. The van der Waals surface area contributed by atoms with Crippen molar-refractivity contribution in [2.24, 2.45) is 0 Å². The van der Waals surface area contributed by atoms with Gasteiger partial charge < -0.3 is 38.9 Å². The molecule has 4 aromatic rings. The summed E-state index contributed by atoms with van der Waals surface area (Å²) in [5.74, 6) is -0.780. The minimum Gasteiger partial charge on any atom is -0.504 e. The van der Waals surface area contributed by atoms with E-state index in [1.807, 2.05) is 56.1 Å². The number of benzene rings is 3. The van der Waals surface area contributed by atoms with E-state index in [-0.39, 0.29) is 56.9 Å². The minimum absolute atomic E-state index is 0.0111. The second kappa shape index (κ2) is 14.1. The number of thioether (sulfide) groups is 1. The molecule has 6 atom stereocenters. The molecule has 1 saturated heterocycles. The van der Waals surface area contributed by atoms with E-state index in [9.17, 15) is 25.1 Å². The van der Waals surface area contributed by atoms with Crippen LogP contribution in [0.5, 0.6) is 28.7 Å². The molecule has 1 aromatic heterocycles. The van der Waals surface area contributed by atoms with Crippen LogP contribution in [-0.4, -0.2) is 101 Å². The van der Waals surface area contributed by atoms with Crippen LogP contribution in [0.25, 0.3) is 10.9 Å². The molecule has 0 radical (unpaired) electrons. The molecule has 16 heteroatoms. The second-order valence-electron chi connectivity index (χ2n) is 16.2. The lowest BCUT2D eigenvalue weighted by molar-refractivity contribution is -0.156. The average molecular weight is 824 g/mol. The van der Waals surface area contributed by atoms with Gasteiger partial charge in [-0.05, 0) is 50.6 Å². The zero-order valence-corrected chi connectivity index (χ0v) is 34.4. The molecule has 1 fully saturated rings. The molecule has 10 rings (SSSR count). The number of esters is 2. The Morgan fingerprint density at radius 3 is 2.59 bits per heavy atom. The number of nitrogens with one attached hydrogen (secondary N) is 2. The Labute approximate surface area is 344 Å². The molecular formula is C43H45N5O10S. The molecule has 7 heterocycles. The number of nitrogens with zero attached hydrogens (tertiary/aromatic N) is 3. The van der Waals surface area contributed by atoms with Crippen LogP contribution in [-0.2, 0) is 37.5 Å². The van der Waals surface area contributed by atoms with Crippen molar-refractivity contribution in [3.63, 3.8) is 0 Å². The van der Waals surface area contributed by atoms with Crippen LogP contribution in [0.2, 0.25) is 0 Å². The highest BCUT2D eigenvalue weighted by Crippen LogP contribution is 2.59. The molecule has 3 aromatic carbocycles. The van der Waals surface area contributed by atoms with E-state index in [2.05, 4.69) is 21.3 Å². The molecule has 2 bridgehead atoms. The first kappa shape index (κ1) is 39.0. The summed E-state index contributed by atoms with van der Waals surface area (Å²) >= 11 is 1.39. The van der Waals surface area contributed by atoms with Gasteiger partial charge in [0, 0.05) is 83.1 Å². The Morgan fingerprint density at radius 1 is 1.10 bits per heavy atom. The Hall–Kier alpha value is -5.47. The second-order valence-corrected chi connectivity index (χ2v) is 17.4. The fraction of sp³-hybridized carbons (Fsp3) is 0.442. The van der Waals surface area contributed by atoms with E-state index in [1.165, 1.54) is 25.8 Å². The van der Waals surface area contributed by atoms with Crippen molar-refractivity contribution in [1.29, 1.82) is 5.26 Å². The van der Waals surface area contributed by atoms with Crippen LogP contribution < -0.4 is 24.3 Å². The van der Waals surface area contributed by atoms with E-state index in [0.717, 1.165) is 27.6 Å². The molecule has 6 aliphatic heterocycles. The van der Waals surface area contributed by atoms with Crippen molar-refractivity contribution in [2.45, 2.75) is 75.0 Å². The number of methoxy groups -OCH3 is 1. The van der Waals surface area contributed by atoms with Crippen LogP contribution >= 0.6 is 11.8 Å². The Kier molecular flexibility index (Phi) is 9.31. The van der Waals surface area contributed by atoms with Crippen LogP contribution in [0.4, 0.5) is 0 Å². The molecule has 6 aliphatic rings. The number of nitriles is 1. The summed E-state index contributed by atoms with van der Waals surface area (Å²) in [6, 6.07) is 9.98. The Bertz CT molecular complexity index is 2520. The molecule has 15 nitrogen and oxygen atoms in total. The number of phenols is 1. The van der Waals surface area contributed by atoms with Gasteiger partial charge in [0.1, 0.15) is 23.9 Å². The Balaban J connectivity index is 1.25. The van der Waals surface area contributed by atoms with Crippen LogP contribution in [0.3, 0.4) is 0 Å². The standard InChI is InChI=1S/C43H45N5O10S/c1-20-11-24-13-42(16-44,17-47(5)22(3)31(24)34(50)35(20)54-6)48-14-30-33-32(38-37(56-19-57-38)21(2)36(33)58-23(4)49)29(48)15-55-41(53)43(18-59-30)39-26(12-28(46-43)40(51)52)25-9-7-8-10-27(25)45-39/h7-11,22,28-30,45-46,50H,12-15,17-19H2,1-6H3,(H,51,52)/t22-,28-,29-,30-,42-,43+/m0/s1. The Morgan fingerprint density at radius 2 is 1.86 bits per heavy atom. The molecule has 0 aliphatic carbocycles. The summed E-state index contributed by atoms with van der Waals surface area (Å²) in [5, 5.41) is 37.1. The number of hydrogen-bond acceptors (Lipinski definition) is 14. The van der Waals surface area contributed by atoms with Gasteiger partial charge in [-0.15, -0.1) is 11.8 Å². The van der Waals surface area contributed by atoms with E-state index >= 15 is 4.79 Å². The van der Waals surface area contributed by atoms with Gasteiger partial charge in [0.15, 0.2) is 28.5 Å². The molecular weight excluding hydrogens is 779 g/mol. The number of aryl methyl sites for hydroxylation is 1. The first-order valence-electron chi connectivity index (χ1n) is 19.5. The predicted octanol–water partition coefficient (Wildman–Crippen LogP) is 4.85. The van der Waals surface area contributed by atoms with E-state index in [4.69, 9.17) is 23.7 Å². The van der Waals surface area contributed by atoms with Gasteiger partial charge in [0.2, 0.25) is 6.79 Å². The molecule has 59 heavy (non-hydrogen) atoms. The molecule has 1 spiro atoms. The fourth-order valence-electron chi connectivity index (χ4n) is 10.2. The van der Waals surface area contributed by atoms with Crippen LogP contribution in [0, 0.1) is 25.2 Å². The van der Waals surface area contributed by atoms with E-state index in [1.54, 1.807) is 6.92 Å². The number of aromatic hydroxyl groups is 1. The maximum absolute atomic E-state index is 15.0. The van der Waals surface area contributed by atoms with E-state index in [0.29, 0.717) is 50.9 Å². The number of aliphatic carboxylic acids is 1. The van der Waals surface area contributed by atoms with Crippen molar-refractivity contribution < 1.29 is 48.3 Å². The number of para-hydroxylation sites is 1. The molecule has 4 N–H and O–H groups in total. The van der Waals surface area contributed by atoms with Crippen molar-refractivity contribution in [1.82, 2.24) is 20.1 Å². The third kappa shape index (κ3) is 5.76. The maximum atomic E-state index is 15.0. The lowest BCUT2D eigenvalue weighted by atomic mass is 9.81. The molecule has 308 valence electrons. The summed E-state index contributed by atoms with van der Waals surface area (Å²) in [6.45, 7) is 7.07. The number of H-pyrrole nitrogens is 1. The monoisotopic (exact) mass is 823 g/mol. The number of fused-ring (bicyclic) bond motifs is 9. The molecule has 0 unspecified atom stereocenters. The maximum Gasteiger partial charge on any atom is 0.333 e. The van der Waals surface area contributed by atoms with Gasteiger partial charge in [0.05, 0.1) is 24.9 Å². The first-order valence-corrected chi connectivity index (χ1v) is 20.6. The quantitative estimate of drug-likeness (QED) is 0.161. The van der Waals surface area contributed by atoms with Crippen LogP contribution in [0.15, 0.2) is 30.3 Å². The van der Waals surface area contributed by atoms with Crippen LogP contribution in [0.1, 0.15) is 75.8 Å². The molecule has 0 saturated carbocycles. The highest BCUT2D eigenvalue weighted by atomic mass is 32.2. The zero-order valence-electron chi connectivity index (χ0n) is 33.6. The third-order valence-corrected chi connectivity index (χ3v) is 14.3. The third-order valence-electron chi connectivity index (χ3n) is 12.9. The number of phenolic OH excluding ortho intramolecular Hbond substituents is 1. The van der Waals surface area contributed by atoms with Gasteiger partial charge in [-0.2, -0.15) is 5.26 Å². The lowest BCUT2D eigenvalue weighted by Gasteiger charge is -2.51. The van der Waals surface area contributed by atoms with Crippen molar-refractivity contribution in [3.05, 3.63) is 75.0 Å². The van der Waals surface area contributed by atoms with Crippen molar-refractivity contribution in [2.75, 3.05) is 46.4 Å². The van der Waals surface area contributed by atoms with Gasteiger partial charge in [-0.3, -0.25) is 24.7 Å². The number of aromatic nitrogens is 1. The van der Waals surface area contributed by atoms with Gasteiger partial charge in [0.25, 0.3) is 0 Å². The zero-order chi connectivity index (χ0) is 41.7. The lowest BCUT2D eigenvalue weighted by Crippen LogP contribution is -2.63. The van der Waals surface area contributed by atoms with Crippen molar-refractivity contribution >= 4 is 40.6 Å². The average Bonchev–Trinajstić information content (AvgIpc) is 3.83. The topological polar surface area (TPSA) is 196 Å². The van der Waals surface area contributed by atoms with Gasteiger partial charge >= 0.3 is 17.9 Å². The number of ether oxygens (including phenoxy) is 5. The number of carbonyl (C=O) groups is 3. The predicted molar refractivity (Wildman–Crippen MR) is 215 cm³/mol. The number of aromatic amines is 1. The van der Waals surface area contributed by atoms with Crippen molar-refractivity contribution in [3.8, 4) is 34.8 Å². The number of carbonyl (C=O) groups excluding carboxylic acids is 2. The largest absolute Gasteiger partial charge is 0.504 e. The number of hydrogen-bond donors (Lipinski definition) is 4. The summed E-state index contributed by atoms with van der Waals surface area (Å²) in [5.41, 5.74) is 3.11. The highest BCUT2D eigenvalue weighted by Gasteiger charge is 2.57. The summed E-state index contributed by atoms with van der Waals surface area (Å²) in [4.78, 5) is 48.2. The van der Waals surface area contributed by atoms with E-state index < -0.39 is 46.3 Å². The summed E-state index contributed by atoms with van der Waals surface area (Å²) in [7, 11) is 3.42. The molecule has 0 amide bonds. The number of likely N-dealkylation sites (N-methyl/N-ethyl adjacent to an activating group) is 1. The smallest absolute Gasteiger partial charge is 0.333 e.